The summed E-state index contributed by atoms with van der Waals surface area (Å²) < 4.78 is 30.8. The smallest absolute Gasteiger partial charge is 0.288 e. The molecule has 0 unspecified atom stereocenters. The van der Waals surface area contributed by atoms with Gasteiger partial charge in [0.15, 0.2) is 0 Å². The Bertz CT molecular complexity index is 863. The van der Waals surface area contributed by atoms with Crippen LogP contribution in [-0.4, -0.2) is 16.6 Å². The molecule has 130 valence electrons. The van der Waals surface area contributed by atoms with Crippen LogP contribution in [0.3, 0.4) is 0 Å². The molecule has 1 amide bonds. The summed E-state index contributed by atoms with van der Waals surface area (Å²) in [5.41, 5.74) is 0.886. The van der Waals surface area contributed by atoms with E-state index < -0.39 is 5.76 Å². The van der Waals surface area contributed by atoms with Gasteiger partial charge in [0.2, 0.25) is 11.8 Å². The minimum absolute atomic E-state index is 0.00832. The molecule has 25 heavy (non-hydrogen) atoms. The lowest BCUT2D eigenvalue weighted by Crippen LogP contribution is -2.15. The predicted octanol–water partition coefficient (Wildman–Crippen LogP) is 5.21. The first-order valence-corrected chi connectivity index (χ1v) is 9.12. The van der Waals surface area contributed by atoms with Crippen molar-refractivity contribution < 1.29 is 18.0 Å². The highest BCUT2D eigenvalue weighted by molar-refractivity contribution is 7.99. The lowest BCUT2D eigenvalue weighted by molar-refractivity contribution is -0.115. The van der Waals surface area contributed by atoms with E-state index in [4.69, 9.17) is 4.42 Å². The molecule has 0 saturated carbocycles. The minimum atomic E-state index is -2.55. The molecule has 1 N–H and O–H groups in total. The number of oxazole rings is 1. The van der Waals surface area contributed by atoms with Gasteiger partial charge in [-0.05, 0) is 30.5 Å². The zero-order valence-corrected chi connectivity index (χ0v) is 14.8. The van der Waals surface area contributed by atoms with Gasteiger partial charge in [-0.1, -0.05) is 30.0 Å². The van der Waals surface area contributed by atoms with Crippen LogP contribution in [0.2, 0.25) is 0 Å². The third-order valence-corrected chi connectivity index (χ3v) is 4.98. The van der Waals surface area contributed by atoms with Gasteiger partial charge < -0.3 is 9.73 Å². The number of hydrogen-bond acceptors (Lipinski definition) is 5. The molecule has 3 aromatic rings. The first-order valence-electron chi connectivity index (χ1n) is 7.37. The van der Waals surface area contributed by atoms with E-state index >= 15 is 0 Å². The number of rotatable bonds is 6. The Labute approximate surface area is 151 Å². The Morgan fingerprint density at radius 1 is 1.32 bits per heavy atom. The fraction of sp³-hybridized carbons (Fsp3) is 0.176. The number of nitrogens with zero attached hydrogens (tertiary/aromatic N) is 1. The summed E-state index contributed by atoms with van der Waals surface area (Å²) >= 11 is 1.89. The zero-order chi connectivity index (χ0) is 17.8. The number of thioether (sulfide) groups is 1. The molecule has 0 saturated heterocycles. The van der Waals surface area contributed by atoms with Crippen molar-refractivity contribution in [3.05, 3.63) is 53.2 Å². The van der Waals surface area contributed by atoms with Crippen molar-refractivity contribution >= 4 is 34.7 Å². The van der Waals surface area contributed by atoms with E-state index in [0.29, 0.717) is 39.7 Å². The molecule has 2 heterocycles. The number of anilines is 1. The number of carbonyl (C=O) groups is 1. The highest BCUT2D eigenvalue weighted by Crippen LogP contribution is 2.32. The van der Waals surface area contributed by atoms with E-state index in [9.17, 15) is 13.6 Å². The average Bonchev–Trinajstić information content (AvgIpc) is 3.19. The largest absolute Gasteiger partial charge is 0.440 e. The number of nitrogens with one attached hydrogen (secondary N) is 1. The van der Waals surface area contributed by atoms with Gasteiger partial charge in [-0.2, -0.15) is 8.78 Å². The fourth-order valence-corrected chi connectivity index (χ4v) is 3.46. The van der Waals surface area contributed by atoms with Crippen LogP contribution in [0.1, 0.15) is 11.5 Å². The average molecular weight is 380 g/mol. The number of carbonyl (C=O) groups excluding carboxylic acids is 1. The third kappa shape index (κ3) is 4.46. The van der Waals surface area contributed by atoms with Crippen LogP contribution >= 0.6 is 23.1 Å². The third-order valence-electron chi connectivity index (χ3n) is 3.33. The molecule has 4 nitrogen and oxygen atoms in total. The number of benzene rings is 1. The van der Waals surface area contributed by atoms with Crippen LogP contribution in [0.15, 0.2) is 51.1 Å². The van der Waals surface area contributed by atoms with E-state index in [1.807, 2.05) is 17.5 Å². The zero-order valence-electron chi connectivity index (χ0n) is 13.2. The second-order valence-corrected chi connectivity index (χ2v) is 7.08. The molecule has 8 heteroatoms. The molecule has 0 aliphatic rings. The number of amides is 1. The number of aromatic nitrogens is 1. The van der Waals surface area contributed by atoms with Gasteiger partial charge in [0.05, 0.1) is 22.7 Å². The number of aryl methyl sites for hydroxylation is 1. The fourth-order valence-electron chi connectivity index (χ4n) is 2.21. The van der Waals surface area contributed by atoms with Crippen molar-refractivity contribution in [1.29, 1.82) is 0 Å². The monoisotopic (exact) mass is 380 g/mol. The van der Waals surface area contributed by atoms with Crippen LogP contribution in [0.5, 0.6) is 0 Å². The molecule has 0 fully saturated rings. The van der Waals surface area contributed by atoms with E-state index in [1.54, 1.807) is 31.2 Å². The molecule has 0 aliphatic carbocycles. The highest BCUT2D eigenvalue weighted by atomic mass is 32.2. The Kier molecular flexibility index (Phi) is 5.50. The number of alkyl halides is 2. The van der Waals surface area contributed by atoms with Crippen molar-refractivity contribution in [3.63, 3.8) is 0 Å². The van der Waals surface area contributed by atoms with Crippen molar-refractivity contribution in [2.45, 2.75) is 24.0 Å². The first-order chi connectivity index (χ1) is 12.0. The van der Waals surface area contributed by atoms with Gasteiger partial charge in [-0.25, -0.2) is 4.98 Å². The van der Waals surface area contributed by atoms with Crippen LogP contribution in [-0.2, 0) is 11.2 Å². The van der Waals surface area contributed by atoms with Crippen LogP contribution in [0, 0.1) is 6.92 Å². The van der Waals surface area contributed by atoms with Crippen molar-refractivity contribution in [2.75, 3.05) is 5.32 Å². The Balaban J connectivity index is 1.71. The molecule has 0 aliphatic heterocycles. The molecule has 0 bridgehead atoms. The van der Waals surface area contributed by atoms with Gasteiger partial charge in [-0.3, -0.25) is 4.79 Å². The minimum Gasteiger partial charge on any atom is -0.440 e. The van der Waals surface area contributed by atoms with Gasteiger partial charge in [0, 0.05) is 4.90 Å². The molecule has 2 aromatic heterocycles. The first kappa shape index (κ1) is 17.6. The number of halogens is 2. The maximum Gasteiger partial charge on any atom is 0.288 e. The summed E-state index contributed by atoms with van der Waals surface area (Å²) in [7, 11) is 0. The van der Waals surface area contributed by atoms with Gasteiger partial charge in [0.1, 0.15) is 5.76 Å². The maximum atomic E-state index is 12.6. The molecule has 3 rings (SSSR count). The Hall–Kier alpha value is -2.19. The lowest BCUT2D eigenvalue weighted by atomic mass is 10.2. The summed E-state index contributed by atoms with van der Waals surface area (Å²) in [4.78, 5) is 17.8. The molecular formula is C17H14F2N2O2S2. The maximum absolute atomic E-state index is 12.6. The molecule has 0 spiro atoms. The summed E-state index contributed by atoms with van der Waals surface area (Å²) in [6.07, 6.45) is 0.00832. The van der Waals surface area contributed by atoms with Gasteiger partial charge in [-0.15, -0.1) is 11.3 Å². The molecular weight excluding hydrogens is 366 g/mol. The standard InChI is InChI=1S/C17H14F2N2O2S2/c1-10-12(21-16(23-10)14-7-4-8-24-14)9-15(22)20-11-5-2-3-6-13(11)25-17(18)19/h2-8,17H,9H2,1H3,(H,20,22). The summed E-state index contributed by atoms with van der Waals surface area (Å²) in [5, 5.41) is 4.58. The quantitative estimate of drug-likeness (QED) is 0.597. The van der Waals surface area contributed by atoms with Crippen LogP contribution in [0.4, 0.5) is 14.5 Å². The van der Waals surface area contributed by atoms with Crippen LogP contribution in [0.25, 0.3) is 10.8 Å². The van der Waals surface area contributed by atoms with Crippen molar-refractivity contribution in [1.82, 2.24) is 4.98 Å². The number of thiophene rings is 1. The molecule has 1 aromatic carbocycles. The van der Waals surface area contributed by atoms with E-state index in [-0.39, 0.29) is 12.3 Å². The normalized spacial score (nSPS) is 11.0. The second-order valence-electron chi connectivity index (χ2n) is 5.10. The second kappa shape index (κ2) is 7.79. The summed E-state index contributed by atoms with van der Waals surface area (Å²) in [5.74, 6) is -1.85. The van der Waals surface area contributed by atoms with E-state index in [1.165, 1.54) is 11.3 Å². The van der Waals surface area contributed by atoms with Crippen molar-refractivity contribution in [3.8, 4) is 10.8 Å². The summed E-state index contributed by atoms with van der Waals surface area (Å²) in [6.45, 7) is 1.74. The molecule has 0 atom stereocenters. The number of para-hydroxylation sites is 1. The number of hydrogen-bond donors (Lipinski definition) is 1. The predicted molar refractivity (Wildman–Crippen MR) is 95.2 cm³/mol. The van der Waals surface area contributed by atoms with E-state index in [0.717, 1.165) is 4.88 Å². The Morgan fingerprint density at radius 3 is 2.84 bits per heavy atom. The SMILES string of the molecule is Cc1oc(-c2cccs2)nc1CC(=O)Nc1ccccc1SC(F)F. The van der Waals surface area contributed by atoms with Crippen LogP contribution < -0.4 is 5.32 Å². The summed E-state index contributed by atoms with van der Waals surface area (Å²) in [6, 6.07) is 10.2. The topological polar surface area (TPSA) is 55.1 Å². The lowest BCUT2D eigenvalue weighted by Gasteiger charge is -2.09. The van der Waals surface area contributed by atoms with Gasteiger partial charge >= 0.3 is 0 Å². The Morgan fingerprint density at radius 2 is 2.12 bits per heavy atom. The van der Waals surface area contributed by atoms with Crippen molar-refractivity contribution in [2.24, 2.45) is 0 Å². The van der Waals surface area contributed by atoms with Gasteiger partial charge in [0.25, 0.3) is 5.76 Å². The van der Waals surface area contributed by atoms with E-state index in [2.05, 4.69) is 10.3 Å². The highest BCUT2D eigenvalue weighted by Gasteiger charge is 2.17. The molecule has 0 radical (unpaired) electrons.